The van der Waals surface area contributed by atoms with Crippen molar-refractivity contribution in [2.24, 2.45) is 0 Å². The average molecular weight is 281 g/mol. The van der Waals surface area contributed by atoms with Crippen LogP contribution >= 0.6 is 0 Å². The van der Waals surface area contributed by atoms with Crippen molar-refractivity contribution in [2.45, 2.75) is 64.8 Å². The SMILES string of the molecule is CC(C)NC(C)(CO)CC(C)N1CCn2cnnc2C1. The standard InChI is InChI=1S/C14H27N5O/c1-11(2)16-14(4,9-20)7-12(3)18-5-6-19-10-15-17-13(19)8-18/h10-12,16,20H,5-9H2,1-4H3. The lowest BCUT2D eigenvalue weighted by Gasteiger charge is -2.39. The van der Waals surface area contributed by atoms with E-state index in [0.29, 0.717) is 12.1 Å². The Bertz CT molecular complexity index is 433. The van der Waals surface area contributed by atoms with Crippen LogP contribution in [0.4, 0.5) is 0 Å². The first-order chi connectivity index (χ1) is 9.43. The number of hydrogen-bond acceptors (Lipinski definition) is 5. The highest BCUT2D eigenvalue weighted by Crippen LogP contribution is 2.20. The summed E-state index contributed by atoms with van der Waals surface area (Å²) in [4.78, 5) is 2.42. The van der Waals surface area contributed by atoms with E-state index in [1.54, 1.807) is 6.33 Å². The second-order valence-electron chi connectivity index (χ2n) is 6.48. The Morgan fingerprint density at radius 3 is 2.80 bits per heavy atom. The minimum atomic E-state index is -0.237. The predicted molar refractivity (Wildman–Crippen MR) is 78.3 cm³/mol. The minimum Gasteiger partial charge on any atom is -0.394 e. The summed E-state index contributed by atoms with van der Waals surface area (Å²) in [7, 11) is 0. The molecule has 2 rings (SSSR count). The molecule has 2 N–H and O–H groups in total. The van der Waals surface area contributed by atoms with Gasteiger partial charge in [0.05, 0.1) is 13.2 Å². The molecule has 6 heteroatoms. The molecular weight excluding hydrogens is 254 g/mol. The van der Waals surface area contributed by atoms with Gasteiger partial charge in [-0.25, -0.2) is 0 Å². The van der Waals surface area contributed by atoms with Crippen LogP contribution < -0.4 is 5.32 Å². The zero-order chi connectivity index (χ0) is 14.8. The van der Waals surface area contributed by atoms with E-state index < -0.39 is 0 Å². The van der Waals surface area contributed by atoms with Gasteiger partial charge in [0.15, 0.2) is 0 Å². The number of hydrogen-bond donors (Lipinski definition) is 2. The number of nitrogens with one attached hydrogen (secondary N) is 1. The molecule has 0 aromatic carbocycles. The van der Waals surface area contributed by atoms with E-state index in [0.717, 1.165) is 31.9 Å². The number of aromatic nitrogens is 3. The Balaban J connectivity index is 1.96. The fourth-order valence-electron chi connectivity index (χ4n) is 3.11. The van der Waals surface area contributed by atoms with Crippen LogP contribution in [-0.4, -0.2) is 55.5 Å². The van der Waals surface area contributed by atoms with Crippen LogP contribution in [0, 0.1) is 0 Å². The maximum atomic E-state index is 9.70. The molecule has 2 atom stereocenters. The van der Waals surface area contributed by atoms with Crippen molar-refractivity contribution in [2.75, 3.05) is 13.2 Å². The molecule has 0 bridgehead atoms. The molecule has 0 radical (unpaired) electrons. The molecular formula is C14H27N5O. The number of rotatable bonds is 6. The Labute approximate surface area is 121 Å². The van der Waals surface area contributed by atoms with Crippen molar-refractivity contribution in [1.82, 2.24) is 25.0 Å². The molecule has 0 fully saturated rings. The van der Waals surface area contributed by atoms with Crippen LogP contribution in [0.15, 0.2) is 6.33 Å². The van der Waals surface area contributed by atoms with Gasteiger partial charge in [0, 0.05) is 30.7 Å². The van der Waals surface area contributed by atoms with Gasteiger partial charge in [0.1, 0.15) is 12.2 Å². The fraction of sp³-hybridized carbons (Fsp3) is 0.857. The summed E-state index contributed by atoms with van der Waals surface area (Å²) in [5.41, 5.74) is -0.237. The van der Waals surface area contributed by atoms with Gasteiger partial charge in [-0.3, -0.25) is 4.90 Å². The lowest BCUT2D eigenvalue weighted by molar-refractivity contribution is 0.0930. The van der Waals surface area contributed by atoms with Crippen LogP contribution in [-0.2, 0) is 13.1 Å². The van der Waals surface area contributed by atoms with Gasteiger partial charge < -0.3 is 15.0 Å². The lowest BCUT2D eigenvalue weighted by atomic mass is 9.92. The zero-order valence-corrected chi connectivity index (χ0v) is 13.0. The summed E-state index contributed by atoms with van der Waals surface area (Å²) in [6, 6.07) is 0.757. The van der Waals surface area contributed by atoms with Gasteiger partial charge in [-0.15, -0.1) is 10.2 Å². The zero-order valence-electron chi connectivity index (χ0n) is 13.0. The summed E-state index contributed by atoms with van der Waals surface area (Å²) in [6.45, 7) is 11.5. The van der Waals surface area contributed by atoms with E-state index in [4.69, 9.17) is 0 Å². The van der Waals surface area contributed by atoms with Crippen molar-refractivity contribution in [3.8, 4) is 0 Å². The molecule has 0 spiro atoms. The van der Waals surface area contributed by atoms with Crippen molar-refractivity contribution < 1.29 is 5.11 Å². The molecule has 0 saturated carbocycles. The number of aliphatic hydroxyl groups is 1. The number of aliphatic hydroxyl groups excluding tert-OH is 1. The van der Waals surface area contributed by atoms with Crippen molar-refractivity contribution in [3.63, 3.8) is 0 Å². The Kier molecular flexibility index (Phi) is 4.78. The van der Waals surface area contributed by atoms with E-state index >= 15 is 0 Å². The second-order valence-corrected chi connectivity index (χ2v) is 6.48. The monoisotopic (exact) mass is 281 g/mol. The van der Waals surface area contributed by atoms with Crippen molar-refractivity contribution >= 4 is 0 Å². The van der Waals surface area contributed by atoms with Crippen LogP contribution in [0.5, 0.6) is 0 Å². The van der Waals surface area contributed by atoms with E-state index in [-0.39, 0.29) is 12.1 Å². The first-order valence-corrected chi connectivity index (χ1v) is 7.43. The molecule has 1 aromatic rings. The molecule has 1 aliphatic rings. The summed E-state index contributed by atoms with van der Waals surface area (Å²) < 4.78 is 2.11. The summed E-state index contributed by atoms with van der Waals surface area (Å²) in [5.74, 6) is 1.03. The van der Waals surface area contributed by atoms with Gasteiger partial charge >= 0.3 is 0 Å². The van der Waals surface area contributed by atoms with Crippen LogP contribution in [0.25, 0.3) is 0 Å². The Morgan fingerprint density at radius 2 is 2.15 bits per heavy atom. The molecule has 0 saturated heterocycles. The topological polar surface area (TPSA) is 66.2 Å². The Hall–Kier alpha value is -0.980. The van der Waals surface area contributed by atoms with Gasteiger partial charge in [0.25, 0.3) is 0 Å². The molecule has 1 aromatic heterocycles. The summed E-state index contributed by atoms with van der Waals surface area (Å²) in [5, 5.41) is 21.3. The molecule has 1 aliphatic heterocycles. The van der Waals surface area contributed by atoms with Crippen LogP contribution in [0.2, 0.25) is 0 Å². The molecule has 114 valence electrons. The van der Waals surface area contributed by atoms with Crippen LogP contribution in [0.3, 0.4) is 0 Å². The summed E-state index contributed by atoms with van der Waals surface area (Å²) >= 11 is 0. The third-order valence-electron chi connectivity index (χ3n) is 4.02. The summed E-state index contributed by atoms with van der Waals surface area (Å²) in [6.07, 6.45) is 2.71. The van der Waals surface area contributed by atoms with Gasteiger partial charge in [-0.2, -0.15) is 0 Å². The molecule has 6 nitrogen and oxygen atoms in total. The van der Waals surface area contributed by atoms with Gasteiger partial charge in [0.2, 0.25) is 0 Å². The molecule has 0 aliphatic carbocycles. The smallest absolute Gasteiger partial charge is 0.147 e. The number of fused-ring (bicyclic) bond motifs is 1. The largest absolute Gasteiger partial charge is 0.394 e. The average Bonchev–Trinajstić information content (AvgIpc) is 2.84. The second kappa shape index (κ2) is 6.20. The minimum absolute atomic E-state index is 0.152. The van der Waals surface area contributed by atoms with E-state index in [2.05, 4.69) is 52.7 Å². The molecule has 0 amide bonds. The maximum Gasteiger partial charge on any atom is 0.147 e. The van der Waals surface area contributed by atoms with Crippen molar-refractivity contribution in [1.29, 1.82) is 0 Å². The van der Waals surface area contributed by atoms with E-state index in [1.165, 1.54) is 0 Å². The highest BCUT2D eigenvalue weighted by molar-refractivity contribution is 4.94. The van der Waals surface area contributed by atoms with Gasteiger partial charge in [-0.05, 0) is 20.3 Å². The first-order valence-electron chi connectivity index (χ1n) is 7.43. The quantitative estimate of drug-likeness (QED) is 0.800. The highest BCUT2D eigenvalue weighted by atomic mass is 16.3. The van der Waals surface area contributed by atoms with E-state index in [1.807, 2.05) is 0 Å². The van der Waals surface area contributed by atoms with Crippen molar-refractivity contribution in [3.05, 3.63) is 12.2 Å². The fourth-order valence-corrected chi connectivity index (χ4v) is 3.11. The third kappa shape index (κ3) is 3.56. The first kappa shape index (κ1) is 15.4. The maximum absolute atomic E-state index is 9.70. The lowest BCUT2D eigenvalue weighted by Crippen LogP contribution is -2.53. The Morgan fingerprint density at radius 1 is 1.40 bits per heavy atom. The molecule has 20 heavy (non-hydrogen) atoms. The predicted octanol–water partition coefficient (Wildman–Crippen LogP) is 0.621. The molecule has 2 unspecified atom stereocenters. The van der Waals surface area contributed by atoms with E-state index in [9.17, 15) is 5.11 Å². The molecule has 2 heterocycles. The highest BCUT2D eigenvalue weighted by Gasteiger charge is 2.30. The van der Waals surface area contributed by atoms with Gasteiger partial charge in [-0.1, -0.05) is 13.8 Å². The van der Waals surface area contributed by atoms with Crippen LogP contribution in [0.1, 0.15) is 39.9 Å². The number of nitrogens with zero attached hydrogens (tertiary/aromatic N) is 4. The third-order valence-corrected chi connectivity index (χ3v) is 4.02. The normalized spacial score (nSPS) is 20.7.